The van der Waals surface area contributed by atoms with Crippen molar-refractivity contribution in [2.75, 3.05) is 11.4 Å². The van der Waals surface area contributed by atoms with Gasteiger partial charge in [-0.05, 0) is 68.2 Å². The van der Waals surface area contributed by atoms with Crippen molar-refractivity contribution in [1.82, 2.24) is 0 Å². The smallest absolute Gasteiger partial charge is 0.304 e. The van der Waals surface area contributed by atoms with Crippen molar-refractivity contribution in [3.8, 4) is 5.75 Å². The minimum Gasteiger partial charge on any atom is -0.481 e. The maximum Gasteiger partial charge on any atom is 0.304 e. The van der Waals surface area contributed by atoms with Crippen LogP contribution in [-0.4, -0.2) is 27.6 Å². The Balaban J connectivity index is 1.76. The zero-order chi connectivity index (χ0) is 25.5. The van der Waals surface area contributed by atoms with Crippen LogP contribution in [-0.2, 0) is 9.59 Å². The number of unbranched alkanes of at least 4 members (excludes halogenated alkanes) is 5. The molecule has 1 N–H and O–H groups in total. The van der Waals surface area contributed by atoms with Crippen LogP contribution in [0.15, 0.2) is 46.7 Å². The van der Waals surface area contributed by atoms with E-state index in [1.54, 1.807) is 6.08 Å². The van der Waals surface area contributed by atoms with Gasteiger partial charge in [-0.2, -0.15) is 0 Å². The molecule has 0 spiro atoms. The highest BCUT2D eigenvalue weighted by molar-refractivity contribution is 8.27. The lowest BCUT2D eigenvalue weighted by molar-refractivity contribution is -0.139. The Morgan fingerprint density at radius 2 is 1.86 bits per heavy atom. The summed E-state index contributed by atoms with van der Waals surface area (Å²) in [4.78, 5) is 26.4. The number of nitrogens with zero attached hydrogens (tertiary/aromatic N) is 1. The molecule has 0 aromatic heterocycles. The largest absolute Gasteiger partial charge is 0.481 e. The number of Topliss-reactive ketones (excluding diaryl/α,β-unsaturated/α-hetero) is 1. The molecule has 1 fully saturated rings. The van der Waals surface area contributed by atoms with Crippen molar-refractivity contribution in [3.63, 3.8) is 0 Å². The number of carboxylic acids is 1. The predicted molar refractivity (Wildman–Crippen MR) is 148 cm³/mol. The van der Waals surface area contributed by atoms with E-state index in [9.17, 15) is 9.59 Å². The Bertz CT molecular complexity index is 1090. The van der Waals surface area contributed by atoms with Crippen molar-refractivity contribution in [2.24, 2.45) is 5.92 Å². The average Bonchev–Trinajstić information content (AvgIpc) is 3.26. The van der Waals surface area contributed by atoms with E-state index in [4.69, 9.17) is 22.1 Å². The number of thiocarbonyl (C=S) groups is 1. The van der Waals surface area contributed by atoms with E-state index in [1.165, 1.54) is 55.0 Å². The number of carbonyl (C=O) groups excluding carboxylic acids is 1. The van der Waals surface area contributed by atoms with Gasteiger partial charge in [0.05, 0.1) is 27.1 Å². The zero-order valence-electron chi connectivity index (χ0n) is 21.1. The molecule has 0 bridgehead atoms. The van der Waals surface area contributed by atoms with E-state index in [1.807, 2.05) is 19.1 Å². The highest BCUT2D eigenvalue weighted by atomic mass is 32.2. The number of thioether (sulfide) groups is 1. The number of hydrogen-bond donors (Lipinski definition) is 1. The molecule has 0 saturated carbocycles. The van der Waals surface area contributed by atoms with Crippen molar-refractivity contribution >= 4 is 45.6 Å². The Labute approximate surface area is 218 Å². The molecule has 1 unspecified atom stereocenters. The molecular weight excluding hydrogens is 478 g/mol. The molecule has 35 heavy (non-hydrogen) atoms. The summed E-state index contributed by atoms with van der Waals surface area (Å²) in [5.41, 5.74) is 4.41. The molecule has 2 heterocycles. The fourth-order valence-electron chi connectivity index (χ4n) is 4.18. The zero-order valence-corrected chi connectivity index (χ0v) is 22.7. The molecule has 7 heteroatoms. The van der Waals surface area contributed by atoms with Crippen molar-refractivity contribution in [1.29, 1.82) is 0 Å². The van der Waals surface area contributed by atoms with Gasteiger partial charge in [-0.3, -0.25) is 9.59 Å². The molecule has 188 valence electrons. The summed E-state index contributed by atoms with van der Waals surface area (Å²) in [5, 5.41) is 9.05. The number of carboxylic acid groups (broad SMARTS) is 1. The van der Waals surface area contributed by atoms with Crippen LogP contribution in [0.4, 0.5) is 5.69 Å². The maximum absolute atomic E-state index is 12.6. The van der Waals surface area contributed by atoms with Crippen LogP contribution in [0.1, 0.15) is 69.9 Å². The molecule has 1 atom stereocenters. The molecule has 3 rings (SSSR count). The number of allylic oxidation sites excluding steroid dienone is 5. The van der Waals surface area contributed by atoms with Gasteiger partial charge in [-0.1, -0.05) is 69.1 Å². The number of anilines is 1. The number of aryl methyl sites for hydroxylation is 2. The van der Waals surface area contributed by atoms with Gasteiger partial charge < -0.3 is 14.7 Å². The molecule has 0 aliphatic carbocycles. The first-order chi connectivity index (χ1) is 16.7. The number of hydrogen-bond acceptors (Lipinski definition) is 6. The van der Waals surface area contributed by atoms with E-state index < -0.39 is 11.9 Å². The Kier molecular flexibility index (Phi) is 9.75. The van der Waals surface area contributed by atoms with E-state index in [-0.39, 0.29) is 12.2 Å². The summed E-state index contributed by atoms with van der Waals surface area (Å²) in [5.74, 6) is -0.294. The lowest BCUT2D eigenvalue weighted by atomic mass is 10.0. The van der Waals surface area contributed by atoms with Gasteiger partial charge in [0, 0.05) is 6.54 Å². The van der Waals surface area contributed by atoms with Crippen molar-refractivity contribution < 1.29 is 19.4 Å². The highest BCUT2D eigenvalue weighted by Gasteiger charge is 2.36. The molecule has 2 aliphatic rings. The summed E-state index contributed by atoms with van der Waals surface area (Å²) in [6, 6.07) is 4.29. The van der Waals surface area contributed by atoms with E-state index in [0.29, 0.717) is 9.10 Å². The monoisotopic (exact) mass is 513 g/mol. The van der Waals surface area contributed by atoms with Crippen LogP contribution < -0.4 is 9.64 Å². The van der Waals surface area contributed by atoms with Crippen molar-refractivity contribution in [3.05, 3.63) is 57.8 Å². The van der Waals surface area contributed by atoms with E-state index in [2.05, 4.69) is 37.8 Å². The third-order valence-electron chi connectivity index (χ3n) is 6.36. The Morgan fingerprint density at radius 3 is 2.57 bits per heavy atom. The van der Waals surface area contributed by atoms with Gasteiger partial charge in [0.2, 0.25) is 5.88 Å². The van der Waals surface area contributed by atoms with Gasteiger partial charge in [0.15, 0.2) is 11.5 Å². The lowest BCUT2D eigenvalue weighted by Crippen LogP contribution is -2.21. The standard InChI is InChI=1S/C28H35NO4S2/c1-5-6-7-8-9-10-13-29-22-15-19(3)20(4)16-23(22)33-25(29)12-11-18(2)14-24-27(32)21(17-26(30)31)28(34)35-24/h11-12,14-16,21H,5-10,13,17H2,1-4H3,(H,30,31). The van der Waals surface area contributed by atoms with Gasteiger partial charge in [-0.15, -0.1) is 0 Å². The second-order valence-corrected chi connectivity index (χ2v) is 11.1. The first-order valence-electron chi connectivity index (χ1n) is 12.4. The SMILES string of the molecule is CCCCCCCCN1C(=CC=C(C)C=C2SC(=S)C(CC(=O)O)C2=O)Oc2cc(C)c(C)cc21. The third-order valence-corrected chi connectivity index (χ3v) is 7.92. The summed E-state index contributed by atoms with van der Waals surface area (Å²) in [6.07, 6.45) is 12.8. The lowest BCUT2D eigenvalue weighted by Gasteiger charge is -2.18. The Morgan fingerprint density at radius 1 is 1.17 bits per heavy atom. The van der Waals surface area contributed by atoms with Crippen LogP contribution in [0.3, 0.4) is 0 Å². The topological polar surface area (TPSA) is 66.8 Å². The summed E-state index contributed by atoms with van der Waals surface area (Å²) < 4.78 is 6.66. The molecule has 1 aromatic rings. The fourth-order valence-corrected chi connectivity index (χ4v) is 5.67. The van der Waals surface area contributed by atoms with E-state index in [0.717, 1.165) is 35.9 Å². The van der Waals surface area contributed by atoms with Gasteiger partial charge in [0.25, 0.3) is 0 Å². The van der Waals surface area contributed by atoms with Crippen LogP contribution in [0.5, 0.6) is 5.75 Å². The normalized spacial score (nSPS) is 20.2. The second kappa shape index (κ2) is 12.5. The molecule has 0 amide bonds. The van der Waals surface area contributed by atoms with Crippen LogP contribution in [0.2, 0.25) is 0 Å². The predicted octanol–water partition coefficient (Wildman–Crippen LogP) is 7.27. The number of ether oxygens (including phenoxy) is 1. The first kappa shape index (κ1) is 27.2. The number of carbonyl (C=O) groups is 2. The summed E-state index contributed by atoms with van der Waals surface area (Å²) >= 11 is 6.45. The molecular formula is C28H35NO4S2. The molecule has 1 aromatic carbocycles. The van der Waals surface area contributed by atoms with Crippen LogP contribution in [0.25, 0.3) is 0 Å². The minimum atomic E-state index is -1.02. The van der Waals surface area contributed by atoms with Crippen molar-refractivity contribution in [2.45, 2.75) is 72.6 Å². The maximum atomic E-state index is 12.6. The van der Waals surface area contributed by atoms with Crippen LogP contribution in [0, 0.1) is 19.8 Å². The van der Waals surface area contributed by atoms with Gasteiger partial charge in [0.1, 0.15) is 0 Å². The quantitative estimate of drug-likeness (QED) is 0.190. The summed E-state index contributed by atoms with van der Waals surface area (Å²) in [6.45, 7) is 9.25. The Hall–Kier alpha value is -2.38. The average molecular weight is 514 g/mol. The van der Waals surface area contributed by atoms with Gasteiger partial charge in [-0.25, -0.2) is 0 Å². The molecule has 1 saturated heterocycles. The van der Waals surface area contributed by atoms with Gasteiger partial charge >= 0.3 is 5.97 Å². The molecule has 5 nitrogen and oxygen atoms in total. The third kappa shape index (κ3) is 7.07. The number of ketones is 1. The first-order valence-corrected chi connectivity index (χ1v) is 13.6. The number of fused-ring (bicyclic) bond motifs is 1. The molecule has 2 aliphatic heterocycles. The van der Waals surface area contributed by atoms with Crippen LogP contribution >= 0.6 is 24.0 Å². The second-order valence-electron chi connectivity index (χ2n) is 9.29. The highest BCUT2D eigenvalue weighted by Crippen LogP contribution is 2.41. The minimum absolute atomic E-state index is 0.206. The number of rotatable bonds is 11. The summed E-state index contributed by atoms with van der Waals surface area (Å²) in [7, 11) is 0. The fraction of sp³-hybridized carbons (Fsp3) is 0.464. The number of aliphatic carboxylic acids is 1. The molecule has 0 radical (unpaired) electrons. The number of benzene rings is 1. The van der Waals surface area contributed by atoms with E-state index >= 15 is 0 Å².